The molecule has 4 rings (SSSR count). The fraction of sp³-hybridized carbons (Fsp3) is 0.885. The fourth-order valence-electron chi connectivity index (χ4n) is 8.43. The standard InChI is InChI=1S/C26H43NO3/c1-17(6-11-24(29)27(4)30-5)21-9-10-22-20-8-7-18-16-19(28)12-14-25(18,2)23(20)13-15-26(21,22)3/h7,17,19-23,28H,6,8-16H2,1-5H3/t17-,19+,20?,21-,22?,23?,25+,26-/m1/s1. The number of hydrogen-bond donors (Lipinski definition) is 1. The molecular weight excluding hydrogens is 374 g/mol. The molecule has 0 aromatic carbocycles. The number of rotatable bonds is 5. The Labute approximate surface area is 183 Å². The number of hydroxylamine groups is 2. The van der Waals surface area contributed by atoms with Crippen LogP contribution in [0.3, 0.4) is 0 Å². The van der Waals surface area contributed by atoms with E-state index in [9.17, 15) is 9.90 Å². The maximum Gasteiger partial charge on any atom is 0.245 e. The highest BCUT2D eigenvalue weighted by molar-refractivity contribution is 5.74. The molecule has 4 nitrogen and oxygen atoms in total. The van der Waals surface area contributed by atoms with Gasteiger partial charge in [-0.25, -0.2) is 5.06 Å². The van der Waals surface area contributed by atoms with Crippen LogP contribution in [-0.2, 0) is 9.63 Å². The number of aliphatic hydroxyl groups excluding tert-OH is 1. The van der Waals surface area contributed by atoms with E-state index in [-0.39, 0.29) is 12.0 Å². The molecule has 4 heteroatoms. The van der Waals surface area contributed by atoms with Gasteiger partial charge in [-0.3, -0.25) is 9.63 Å². The van der Waals surface area contributed by atoms with Gasteiger partial charge >= 0.3 is 0 Å². The average molecular weight is 418 g/mol. The molecule has 4 aliphatic rings. The minimum atomic E-state index is -0.119. The van der Waals surface area contributed by atoms with Gasteiger partial charge in [-0.15, -0.1) is 0 Å². The van der Waals surface area contributed by atoms with Crippen molar-refractivity contribution >= 4 is 5.91 Å². The van der Waals surface area contributed by atoms with Crippen molar-refractivity contribution < 1.29 is 14.7 Å². The molecule has 0 spiro atoms. The Hall–Kier alpha value is -0.870. The molecule has 3 saturated carbocycles. The van der Waals surface area contributed by atoms with Crippen LogP contribution in [0.25, 0.3) is 0 Å². The predicted octanol–water partition coefficient (Wildman–Crippen LogP) is 5.36. The van der Waals surface area contributed by atoms with E-state index in [0.717, 1.165) is 42.9 Å². The Morgan fingerprint density at radius 3 is 2.73 bits per heavy atom. The van der Waals surface area contributed by atoms with E-state index in [1.54, 1.807) is 19.7 Å². The van der Waals surface area contributed by atoms with Crippen LogP contribution >= 0.6 is 0 Å². The summed E-state index contributed by atoms with van der Waals surface area (Å²) in [5, 5.41) is 11.6. The molecule has 0 heterocycles. The van der Waals surface area contributed by atoms with Crippen molar-refractivity contribution in [3.05, 3.63) is 11.6 Å². The zero-order valence-electron chi connectivity index (χ0n) is 19.8. The first-order valence-electron chi connectivity index (χ1n) is 12.4. The minimum Gasteiger partial charge on any atom is -0.393 e. The van der Waals surface area contributed by atoms with Crippen LogP contribution < -0.4 is 0 Å². The van der Waals surface area contributed by atoms with Crippen LogP contribution in [0.15, 0.2) is 11.6 Å². The first-order valence-corrected chi connectivity index (χ1v) is 12.4. The summed E-state index contributed by atoms with van der Waals surface area (Å²) in [5.74, 6) is 3.84. The summed E-state index contributed by atoms with van der Waals surface area (Å²) in [4.78, 5) is 17.3. The summed E-state index contributed by atoms with van der Waals surface area (Å²) in [5.41, 5.74) is 2.31. The third-order valence-corrected chi connectivity index (χ3v) is 10.3. The van der Waals surface area contributed by atoms with Crippen LogP contribution in [0.5, 0.6) is 0 Å². The quantitative estimate of drug-likeness (QED) is 0.484. The Balaban J connectivity index is 1.47. The minimum absolute atomic E-state index is 0.0881. The predicted molar refractivity (Wildman–Crippen MR) is 119 cm³/mol. The highest BCUT2D eigenvalue weighted by atomic mass is 16.7. The fourth-order valence-corrected chi connectivity index (χ4v) is 8.43. The summed E-state index contributed by atoms with van der Waals surface area (Å²) >= 11 is 0. The summed E-state index contributed by atoms with van der Waals surface area (Å²) in [6, 6.07) is 0. The normalized spacial score (nSPS) is 43.8. The van der Waals surface area contributed by atoms with E-state index < -0.39 is 0 Å². The van der Waals surface area contributed by atoms with Crippen LogP contribution in [0.2, 0.25) is 0 Å². The van der Waals surface area contributed by atoms with E-state index in [1.165, 1.54) is 43.6 Å². The lowest BCUT2D eigenvalue weighted by Gasteiger charge is -2.58. The number of nitrogens with zero attached hydrogens (tertiary/aromatic N) is 1. The Kier molecular flexibility index (Phi) is 6.13. The van der Waals surface area contributed by atoms with Crippen LogP contribution in [0.4, 0.5) is 0 Å². The van der Waals surface area contributed by atoms with Crippen LogP contribution in [0.1, 0.15) is 85.0 Å². The van der Waals surface area contributed by atoms with Crippen molar-refractivity contribution in [2.45, 2.75) is 91.1 Å². The van der Waals surface area contributed by atoms with Gasteiger partial charge in [-0.1, -0.05) is 32.4 Å². The number of carbonyl (C=O) groups is 1. The summed E-state index contributed by atoms with van der Waals surface area (Å²) in [6.07, 6.45) is 13.6. The Morgan fingerprint density at radius 1 is 1.23 bits per heavy atom. The van der Waals surface area contributed by atoms with E-state index in [4.69, 9.17) is 4.84 Å². The van der Waals surface area contributed by atoms with Gasteiger partial charge in [0.15, 0.2) is 0 Å². The molecule has 0 saturated heterocycles. The van der Waals surface area contributed by atoms with E-state index in [1.807, 2.05) is 0 Å². The number of aliphatic hydroxyl groups is 1. The Bertz CT molecular complexity index is 690. The smallest absolute Gasteiger partial charge is 0.245 e. The van der Waals surface area contributed by atoms with Crippen molar-refractivity contribution in [3.63, 3.8) is 0 Å². The van der Waals surface area contributed by atoms with E-state index >= 15 is 0 Å². The lowest BCUT2D eigenvalue weighted by molar-refractivity contribution is -0.169. The topological polar surface area (TPSA) is 49.8 Å². The van der Waals surface area contributed by atoms with Crippen LogP contribution in [-0.4, -0.2) is 36.3 Å². The molecule has 0 aromatic rings. The van der Waals surface area contributed by atoms with Gasteiger partial charge in [-0.05, 0) is 98.2 Å². The van der Waals surface area contributed by atoms with Gasteiger partial charge in [0.05, 0.1) is 13.2 Å². The molecular formula is C26H43NO3. The van der Waals surface area contributed by atoms with Gasteiger partial charge < -0.3 is 5.11 Å². The molecule has 3 fully saturated rings. The lowest BCUT2D eigenvalue weighted by atomic mass is 9.47. The highest BCUT2D eigenvalue weighted by Crippen LogP contribution is 2.67. The first-order chi connectivity index (χ1) is 14.2. The lowest BCUT2D eigenvalue weighted by Crippen LogP contribution is -2.50. The molecule has 4 aliphatic carbocycles. The molecule has 0 aromatic heterocycles. The summed E-state index contributed by atoms with van der Waals surface area (Å²) in [7, 11) is 3.26. The van der Waals surface area contributed by atoms with Crippen LogP contribution in [0, 0.1) is 40.4 Å². The van der Waals surface area contributed by atoms with Crippen molar-refractivity contribution in [2.24, 2.45) is 40.4 Å². The summed E-state index contributed by atoms with van der Waals surface area (Å²) in [6.45, 7) is 7.47. The van der Waals surface area contributed by atoms with Gasteiger partial charge in [-0.2, -0.15) is 0 Å². The SMILES string of the molecule is CON(C)C(=O)CC[C@@H](C)[C@H]1CCC2C3CC=C4C[C@@H](O)CC[C@]4(C)C3CC[C@@]21C. The van der Waals surface area contributed by atoms with Gasteiger partial charge in [0.1, 0.15) is 0 Å². The van der Waals surface area contributed by atoms with Gasteiger partial charge in [0.2, 0.25) is 5.91 Å². The Morgan fingerprint density at radius 2 is 2.00 bits per heavy atom. The molecule has 170 valence electrons. The number of hydrogen-bond acceptors (Lipinski definition) is 3. The largest absolute Gasteiger partial charge is 0.393 e. The zero-order valence-corrected chi connectivity index (χ0v) is 19.8. The number of amides is 1. The maximum atomic E-state index is 12.2. The molecule has 0 aliphatic heterocycles. The third-order valence-electron chi connectivity index (χ3n) is 10.3. The second-order valence-electron chi connectivity index (χ2n) is 11.5. The molecule has 3 unspecified atom stereocenters. The third kappa shape index (κ3) is 3.56. The van der Waals surface area contributed by atoms with E-state index in [2.05, 4.69) is 26.8 Å². The average Bonchev–Trinajstić information content (AvgIpc) is 3.09. The monoisotopic (exact) mass is 417 g/mol. The molecule has 0 bridgehead atoms. The number of carbonyl (C=O) groups excluding carboxylic acids is 1. The highest BCUT2D eigenvalue weighted by Gasteiger charge is 2.59. The number of allylic oxidation sites excluding steroid dienone is 1. The summed E-state index contributed by atoms with van der Waals surface area (Å²) < 4.78 is 0. The van der Waals surface area contributed by atoms with E-state index in [0.29, 0.717) is 23.2 Å². The zero-order chi connectivity index (χ0) is 21.7. The maximum absolute atomic E-state index is 12.2. The molecule has 1 amide bonds. The number of fused-ring (bicyclic) bond motifs is 5. The van der Waals surface area contributed by atoms with Crippen molar-refractivity contribution in [1.82, 2.24) is 5.06 Å². The van der Waals surface area contributed by atoms with Crippen molar-refractivity contribution in [1.29, 1.82) is 0 Å². The molecule has 30 heavy (non-hydrogen) atoms. The molecule has 8 atom stereocenters. The first kappa shape index (κ1) is 22.3. The second-order valence-corrected chi connectivity index (χ2v) is 11.5. The van der Waals surface area contributed by atoms with Gasteiger partial charge in [0.25, 0.3) is 0 Å². The van der Waals surface area contributed by atoms with Crippen molar-refractivity contribution in [2.75, 3.05) is 14.2 Å². The van der Waals surface area contributed by atoms with Crippen molar-refractivity contribution in [3.8, 4) is 0 Å². The molecule has 0 radical (unpaired) electrons. The molecule has 1 N–H and O–H groups in total. The van der Waals surface area contributed by atoms with Gasteiger partial charge in [0, 0.05) is 13.5 Å². The second kappa shape index (κ2) is 8.24.